The first kappa shape index (κ1) is 14.3. The number of carbonyl (C=O) groups excluding carboxylic acids is 1. The van der Waals surface area contributed by atoms with Crippen molar-refractivity contribution in [1.82, 2.24) is 5.32 Å². The summed E-state index contributed by atoms with van der Waals surface area (Å²) >= 11 is 0. The highest BCUT2D eigenvalue weighted by atomic mass is 19.4. The van der Waals surface area contributed by atoms with Gasteiger partial charge in [0.1, 0.15) is 6.54 Å². The van der Waals surface area contributed by atoms with Gasteiger partial charge in [0, 0.05) is 5.69 Å². The molecule has 0 aromatic heterocycles. The summed E-state index contributed by atoms with van der Waals surface area (Å²) in [5, 5.41) is 4.18. The summed E-state index contributed by atoms with van der Waals surface area (Å²) in [4.78, 5) is 11.3. The van der Waals surface area contributed by atoms with Gasteiger partial charge in [-0.2, -0.15) is 13.2 Å². The van der Waals surface area contributed by atoms with Crippen molar-refractivity contribution in [2.45, 2.75) is 25.9 Å². The largest absolute Gasteiger partial charge is 0.405 e. The second kappa shape index (κ2) is 5.75. The fraction of sp³-hybridized carbons (Fsp3) is 0.417. The zero-order valence-electron chi connectivity index (χ0n) is 10.1. The number of halogens is 3. The van der Waals surface area contributed by atoms with Crippen molar-refractivity contribution in [3.63, 3.8) is 0 Å². The zero-order valence-corrected chi connectivity index (χ0v) is 10.1. The van der Waals surface area contributed by atoms with E-state index in [1.807, 2.05) is 26.0 Å². The van der Waals surface area contributed by atoms with Gasteiger partial charge >= 0.3 is 12.2 Å². The van der Waals surface area contributed by atoms with Gasteiger partial charge in [0.15, 0.2) is 0 Å². The van der Waals surface area contributed by atoms with Gasteiger partial charge in [-0.1, -0.05) is 32.0 Å². The molecule has 0 saturated heterocycles. The van der Waals surface area contributed by atoms with E-state index >= 15 is 0 Å². The summed E-state index contributed by atoms with van der Waals surface area (Å²) in [6, 6.07) is 6.15. The maximum Gasteiger partial charge on any atom is 0.405 e. The van der Waals surface area contributed by atoms with Crippen LogP contribution in [0.15, 0.2) is 24.3 Å². The summed E-state index contributed by atoms with van der Waals surface area (Å²) < 4.78 is 35.8. The molecule has 1 aromatic rings. The number of hydrogen-bond acceptors (Lipinski definition) is 1. The third kappa shape index (κ3) is 4.65. The molecule has 0 spiro atoms. The second-order valence-electron chi connectivity index (χ2n) is 4.16. The first-order chi connectivity index (χ1) is 8.29. The molecule has 18 heavy (non-hydrogen) atoms. The van der Waals surface area contributed by atoms with Crippen molar-refractivity contribution in [3.05, 3.63) is 29.8 Å². The van der Waals surface area contributed by atoms with Gasteiger partial charge in [-0.05, 0) is 17.5 Å². The predicted octanol–water partition coefficient (Wildman–Crippen LogP) is 3.49. The van der Waals surface area contributed by atoms with Crippen LogP contribution in [0.4, 0.5) is 23.7 Å². The van der Waals surface area contributed by atoms with E-state index in [-0.39, 0.29) is 5.92 Å². The van der Waals surface area contributed by atoms with Crippen molar-refractivity contribution < 1.29 is 18.0 Å². The van der Waals surface area contributed by atoms with Crippen molar-refractivity contribution in [3.8, 4) is 0 Å². The fourth-order valence-electron chi connectivity index (χ4n) is 1.46. The van der Waals surface area contributed by atoms with Crippen LogP contribution in [0.1, 0.15) is 25.3 Å². The maximum absolute atomic E-state index is 11.9. The van der Waals surface area contributed by atoms with Gasteiger partial charge in [0.2, 0.25) is 0 Å². The monoisotopic (exact) mass is 260 g/mol. The summed E-state index contributed by atoms with van der Waals surface area (Å²) in [7, 11) is 0. The number of alkyl halides is 3. The van der Waals surface area contributed by atoms with Gasteiger partial charge in [-0.15, -0.1) is 0 Å². The lowest BCUT2D eigenvalue weighted by Gasteiger charge is -2.14. The molecule has 0 aliphatic rings. The van der Waals surface area contributed by atoms with Gasteiger partial charge < -0.3 is 10.6 Å². The van der Waals surface area contributed by atoms with Gasteiger partial charge in [0.25, 0.3) is 0 Å². The minimum atomic E-state index is -4.41. The molecule has 0 unspecified atom stereocenters. The number of anilines is 1. The molecule has 2 N–H and O–H groups in total. The smallest absolute Gasteiger partial charge is 0.329 e. The molecule has 3 nitrogen and oxygen atoms in total. The Bertz CT molecular complexity index is 416. The van der Waals surface area contributed by atoms with E-state index in [0.717, 1.165) is 5.56 Å². The lowest BCUT2D eigenvalue weighted by molar-refractivity contribution is -0.122. The zero-order chi connectivity index (χ0) is 13.8. The lowest BCUT2D eigenvalue weighted by atomic mass is 10.0. The number of para-hydroxylation sites is 1. The Kier molecular flexibility index (Phi) is 4.58. The first-order valence-electron chi connectivity index (χ1n) is 5.50. The average molecular weight is 260 g/mol. The summed E-state index contributed by atoms with van der Waals surface area (Å²) in [6.07, 6.45) is -4.41. The summed E-state index contributed by atoms with van der Waals surface area (Å²) in [5.41, 5.74) is 1.40. The summed E-state index contributed by atoms with van der Waals surface area (Å²) in [6.45, 7) is 2.53. The molecular weight excluding hydrogens is 245 g/mol. The van der Waals surface area contributed by atoms with E-state index < -0.39 is 18.8 Å². The molecule has 0 atom stereocenters. The Morgan fingerprint density at radius 1 is 1.28 bits per heavy atom. The Balaban J connectivity index is 2.65. The Morgan fingerprint density at radius 2 is 1.89 bits per heavy atom. The molecule has 0 radical (unpaired) electrons. The molecule has 0 aliphatic carbocycles. The van der Waals surface area contributed by atoms with E-state index in [9.17, 15) is 18.0 Å². The Hall–Kier alpha value is -1.72. The quantitative estimate of drug-likeness (QED) is 0.858. The van der Waals surface area contributed by atoms with Crippen LogP contribution in [-0.2, 0) is 0 Å². The van der Waals surface area contributed by atoms with Gasteiger partial charge in [-0.3, -0.25) is 0 Å². The van der Waals surface area contributed by atoms with Crippen molar-refractivity contribution in [1.29, 1.82) is 0 Å². The number of nitrogens with one attached hydrogen (secondary N) is 2. The van der Waals surface area contributed by atoms with Crippen LogP contribution < -0.4 is 10.6 Å². The van der Waals surface area contributed by atoms with E-state index in [2.05, 4.69) is 5.32 Å². The Labute approximate surface area is 103 Å². The number of hydrogen-bond donors (Lipinski definition) is 2. The normalized spacial score (nSPS) is 11.4. The highest BCUT2D eigenvalue weighted by Crippen LogP contribution is 2.23. The van der Waals surface area contributed by atoms with Crippen molar-refractivity contribution in [2.75, 3.05) is 11.9 Å². The van der Waals surface area contributed by atoms with Crippen LogP contribution in [0.3, 0.4) is 0 Å². The third-order valence-corrected chi connectivity index (χ3v) is 2.28. The van der Waals surface area contributed by atoms with Crippen molar-refractivity contribution >= 4 is 11.7 Å². The molecule has 6 heteroatoms. The lowest BCUT2D eigenvalue weighted by Crippen LogP contribution is -2.36. The number of amides is 2. The minimum Gasteiger partial charge on any atom is -0.329 e. The molecule has 0 heterocycles. The average Bonchev–Trinajstić information content (AvgIpc) is 2.26. The number of carbonyl (C=O) groups is 1. The van der Waals surface area contributed by atoms with Crippen LogP contribution in [-0.4, -0.2) is 18.8 Å². The molecule has 0 saturated carbocycles. The third-order valence-electron chi connectivity index (χ3n) is 2.28. The number of rotatable bonds is 3. The van der Waals surface area contributed by atoms with Crippen LogP contribution >= 0.6 is 0 Å². The molecule has 1 aromatic carbocycles. The molecular formula is C12H15F3N2O. The topological polar surface area (TPSA) is 41.1 Å². The first-order valence-corrected chi connectivity index (χ1v) is 5.50. The standard InChI is InChI=1S/C12H15F3N2O/c1-8(2)9-5-3-4-6-10(9)17-11(18)16-7-12(13,14)15/h3-6,8H,7H2,1-2H3,(H2,16,17,18). The van der Waals surface area contributed by atoms with Gasteiger partial charge in [-0.25, -0.2) is 4.79 Å². The molecule has 0 fully saturated rings. The second-order valence-corrected chi connectivity index (χ2v) is 4.16. The minimum absolute atomic E-state index is 0.170. The molecule has 0 aliphatic heterocycles. The molecule has 100 valence electrons. The summed E-state index contributed by atoms with van der Waals surface area (Å²) in [5.74, 6) is 0.170. The molecule has 1 rings (SSSR count). The fourth-order valence-corrected chi connectivity index (χ4v) is 1.46. The van der Waals surface area contributed by atoms with Gasteiger partial charge in [0.05, 0.1) is 0 Å². The molecule has 0 bridgehead atoms. The number of benzene rings is 1. The highest BCUT2D eigenvalue weighted by Gasteiger charge is 2.27. The number of urea groups is 1. The van der Waals surface area contributed by atoms with E-state index in [4.69, 9.17) is 0 Å². The predicted molar refractivity (Wildman–Crippen MR) is 63.6 cm³/mol. The molecule has 2 amide bonds. The SMILES string of the molecule is CC(C)c1ccccc1NC(=O)NCC(F)(F)F. The van der Waals surface area contributed by atoms with E-state index in [1.54, 1.807) is 17.4 Å². The van der Waals surface area contributed by atoms with Crippen LogP contribution in [0.25, 0.3) is 0 Å². The Morgan fingerprint density at radius 3 is 2.44 bits per heavy atom. The van der Waals surface area contributed by atoms with E-state index in [1.165, 1.54) is 0 Å². The van der Waals surface area contributed by atoms with Crippen molar-refractivity contribution in [2.24, 2.45) is 0 Å². The van der Waals surface area contributed by atoms with Crippen LogP contribution in [0.2, 0.25) is 0 Å². The van der Waals surface area contributed by atoms with Crippen LogP contribution in [0, 0.1) is 0 Å². The van der Waals surface area contributed by atoms with E-state index in [0.29, 0.717) is 5.69 Å². The van der Waals surface area contributed by atoms with Crippen LogP contribution in [0.5, 0.6) is 0 Å². The highest BCUT2D eigenvalue weighted by molar-refractivity contribution is 5.90. The maximum atomic E-state index is 11.9.